The molecule has 1 atom stereocenters. The van der Waals surface area contributed by atoms with Crippen molar-refractivity contribution >= 4 is 40.7 Å². The van der Waals surface area contributed by atoms with Crippen molar-refractivity contribution in [1.82, 2.24) is 15.2 Å². The fourth-order valence-corrected chi connectivity index (χ4v) is 3.44. The van der Waals surface area contributed by atoms with E-state index in [2.05, 4.69) is 15.2 Å². The van der Waals surface area contributed by atoms with Crippen molar-refractivity contribution in [2.45, 2.75) is 6.04 Å². The highest BCUT2D eigenvalue weighted by Gasteiger charge is 2.25. The first-order valence-electron chi connectivity index (χ1n) is 8.21. The second kappa shape index (κ2) is 9.02. The fraction of sp³-hybridized carbons (Fsp3) is 0.333. The molecule has 0 saturated carbocycles. The number of amides is 1. The van der Waals surface area contributed by atoms with E-state index in [0.717, 1.165) is 18.7 Å². The summed E-state index contributed by atoms with van der Waals surface area (Å²) in [5, 5.41) is 4.04. The van der Waals surface area contributed by atoms with Crippen molar-refractivity contribution in [2.24, 2.45) is 0 Å². The predicted octanol–water partition coefficient (Wildman–Crippen LogP) is 3.85. The fourth-order valence-electron chi connectivity index (χ4n) is 2.91. The van der Waals surface area contributed by atoms with Crippen LogP contribution in [-0.2, 0) is 4.74 Å². The average Bonchev–Trinajstić information content (AvgIpc) is 2.66. The summed E-state index contributed by atoms with van der Waals surface area (Å²) in [4.78, 5) is 18.7. The number of pyridine rings is 1. The molecule has 0 radical (unpaired) electrons. The molecule has 0 aliphatic carbocycles. The quantitative estimate of drug-likeness (QED) is 0.755. The Morgan fingerprint density at radius 2 is 1.92 bits per heavy atom. The first-order chi connectivity index (χ1) is 12.6. The zero-order valence-electron chi connectivity index (χ0n) is 13.9. The third-order valence-corrected chi connectivity index (χ3v) is 5.30. The van der Waals surface area contributed by atoms with Gasteiger partial charge in [0, 0.05) is 30.9 Å². The third-order valence-electron chi connectivity index (χ3n) is 4.27. The van der Waals surface area contributed by atoms with E-state index in [4.69, 9.17) is 39.5 Å². The molecular formula is C18H18Cl3N3O2. The molecule has 1 unspecified atom stereocenters. The Morgan fingerprint density at radius 3 is 2.62 bits per heavy atom. The van der Waals surface area contributed by atoms with Crippen molar-refractivity contribution in [3.8, 4) is 0 Å². The van der Waals surface area contributed by atoms with E-state index < -0.39 is 0 Å². The lowest BCUT2D eigenvalue weighted by molar-refractivity contribution is 0.0162. The molecule has 1 fully saturated rings. The number of carbonyl (C=O) groups excluding carboxylic acids is 1. The van der Waals surface area contributed by atoms with E-state index in [9.17, 15) is 4.79 Å². The molecule has 8 heteroatoms. The number of hydrogen-bond donors (Lipinski definition) is 1. The van der Waals surface area contributed by atoms with Crippen molar-refractivity contribution in [2.75, 3.05) is 32.8 Å². The van der Waals surface area contributed by atoms with Crippen LogP contribution >= 0.6 is 34.8 Å². The molecule has 1 aromatic carbocycles. The van der Waals surface area contributed by atoms with Crippen LogP contribution in [0.25, 0.3) is 0 Å². The summed E-state index contributed by atoms with van der Waals surface area (Å²) < 4.78 is 5.44. The molecule has 26 heavy (non-hydrogen) atoms. The smallest absolute Gasteiger partial charge is 0.252 e. The van der Waals surface area contributed by atoms with Crippen LogP contribution in [0.1, 0.15) is 22.0 Å². The SMILES string of the molecule is O=C(NCC(c1ccccc1Cl)N1CCOCC1)c1cnc(Cl)c(Cl)c1. The van der Waals surface area contributed by atoms with Gasteiger partial charge < -0.3 is 10.1 Å². The van der Waals surface area contributed by atoms with Crippen LogP contribution in [0.2, 0.25) is 15.2 Å². The summed E-state index contributed by atoms with van der Waals surface area (Å²) in [5.41, 5.74) is 1.34. The van der Waals surface area contributed by atoms with Gasteiger partial charge in [-0.1, -0.05) is 53.0 Å². The first-order valence-corrected chi connectivity index (χ1v) is 9.35. The lowest BCUT2D eigenvalue weighted by Gasteiger charge is -2.35. The Hall–Kier alpha value is -1.37. The summed E-state index contributed by atoms with van der Waals surface area (Å²) in [5.74, 6) is -0.263. The summed E-state index contributed by atoms with van der Waals surface area (Å²) in [6, 6.07) is 9.13. The second-order valence-electron chi connectivity index (χ2n) is 5.89. The zero-order valence-corrected chi connectivity index (χ0v) is 16.2. The average molecular weight is 415 g/mol. The molecule has 2 aromatic rings. The molecule has 1 amide bonds. The van der Waals surface area contributed by atoms with E-state index in [-0.39, 0.29) is 22.1 Å². The minimum absolute atomic E-state index is 0.0488. The minimum atomic E-state index is -0.263. The third kappa shape index (κ3) is 4.67. The highest BCUT2D eigenvalue weighted by molar-refractivity contribution is 6.41. The highest BCUT2D eigenvalue weighted by Crippen LogP contribution is 2.28. The molecule has 0 bridgehead atoms. The van der Waals surface area contributed by atoms with Crippen LogP contribution in [0.5, 0.6) is 0 Å². The van der Waals surface area contributed by atoms with Crippen LogP contribution in [-0.4, -0.2) is 48.6 Å². The summed E-state index contributed by atoms with van der Waals surface area (Å²) in [7, 11) is 0. The van der Waals surface area contributed by atoms with Gasteiger partial charge in [0.15, 0.2) is 0 Å². The minimum Gasteiger partial charge on any atom is -0.379 e. The molecule has 1 N–H and O–H groups in total. The lowest BCUT2D eigenvalue weighted by atomic mass is 10.0. The number of hydrogen-bond acceptors (Lipinski definition) is 4. The second-order valence-corrected chi connectivity index (χ2v) is 7.06. The van der Waals surface area contributed by atoms with Crippen LogP contribution < -0.4 is 5.32 Å². The van der Waals surface area contributed by atoms with E-state index in [1.807, 2.05) is 24.3 Å². The Balaban J connectivity index is 1.76. The molecule has 1 aliphatic rings. The number of ether oxygens (including phenoxy) is 1. The first kappa shape index (κ1) is 19.4. The number of benzene rings is 1. The van der Waals surface area contributed by atoms with Gasteiger partial charge in [0.1, 0.15) is 5.15 Å². The Bertz CT molecular complexity index is 782. The van der Waals surface area contributed by atoms with Crippen LogP contribution in [0.4, 0.5) is 0 Å². The summed E-state index contributed by atoms with van der Waals surface area (Å²) >= 11 is 18.1. The molecule has 1 saturated heterocycles. The highest BCUT2D eigenvalue weighted by atomic mass is 35.5. The van der Waals surface area contributed by atoms with Crippen LogP contribution in [0.15, 0.2) is 36.5 Å². The number of nitrogens with zero attached hydrogens (tertiary/aromatic N) is 2. The molecule has 1 aliphatic heterocycles. The Kier molecular flexibility index (Phi) is 6.73. The van der Waals surface area contributed by atoms with Gasteiger partial charge in [-0.25, -0.2) is 4.98 Å². The molecular weight excluding hydrogens is 397 g/mol. The van der Waals surface area contributed by atoms with E-state index in [1.165, 1.54) is 12.3 Å². The van der Waals surface area contributed by atoms with Gasteiger partial charge in [-0.3, -0.25) is 9.69 Å². The molecule has 1 aromatic heterocycles. The topological polar surface area (TPSA) is 54.5 Å². The molecule has 0 spiro atoms. The Labute approximate surface area is 167 Å². The van der Waals surface area contributed by atoms with Crippen LogP contribution in [0, 0.1) is 0 Å². The van der Waals surface area contributed by atoms with Crippen molar-refractivity contribution in [1.29, 1.82) is 0 Å². The Morgan fingerprint density at radius 1 is 1.19 bits per heavy atom. The standard InChI is InChI=1S/C18H18Cl3N3O2/c19-14-4-2-1-3-13(14)16(24-5-7-26-8-6-24)11-23-18(25)12-9-15(20)17(21)22-10-12/h1-4,9-10,16H,5-8,11H2,(H,23,25). The van der Waals surface area contributed by atoms with Crippen molar-refractivity contribution in [3.63, 3.8) is 0 Å². The normalized spacial score (nSPS) is 16.3. The number of nitrogens with one attached hydrogen (secondary N) is 1. The number of aromatic nitrogens is 1. The van der Waals surface area contributed by atoms with Gasteiger partial charge in [-0.2, -0.15) is 0 Å². The maximum absolute atomic E-state index is 12.5. The van der Waals surface area contributed by atoms with Crippen molar-refractivity contribution < 1.29 is 9.53 Å². The number of carbonyl (C=O) groups is 1. The van der Waals surface area contributed by atoms with Gasteiger partial charge in [-0.15, -0.1) is 0 Å². The lowest BCUT2D eigenvalue weighted by Crippen LogP contribution is -2.44. The monoisotopic (exact) mass is 413 g/mol. The zero-order chi connectivity index (χ0) is 18.5. The van der Waals surface area contributed by atoms with E-state index in [0.29, 0.717) is 30.3 Å². The molecule has 138 valence electrons. The largest absolute Gasteiger partial charge is 0.379 e. The van der Waals surface area contributed by atoms with Gasteiger partial charge in [0.2, 0.25) is 0 Å². The van der Waals surface area contributed by atoms with Gasteiger partial charge in [-0.05, 0) is 17.7 Å². The van der Waals surface area contributed by atoms with Crippen molar-refractivity contribution in [3.05, 3.63) is 62.9 Å². The maximum atomic E-state index is 12.5. The summed E-state index contributed by atoms with van der Waals surface area (Å²) in [6.07, 6.45) is 1.41. The number of morpholine rings is 1. The van der Waals surface area contributed by atoms with Gasteiger partial charge in [0.05, 0.1) is 29.8 Å². The molecule has 5 nitrogen and oxygen atoms in total. The van der Waals surface area contributed by atoms with E-state index >= 15 is 0 Å². The van der Waals surface area contributed by atoms with Gasteiger partial charge >= 0.3 is 0 Å². The number of halogens is 3. The predicted molar refractivity (Wildman–Crippen MR) is 103 cm³/mol. The number of rotatable bonds is 5. The summed E-state index contributed by atoms with van der Waals surface area (Å²) in [6.45, 7) is 3.28. The molecule has 2 heterocycles. The van der Waals surface area contributed by atoms with E-state index in [1.54, 1.807) is 0 Å². The van der Waals surface area contributed by atoms with Crippen LogP contribution in [0.3, 0.4) is 0 Å². The van der Waals surface area contributed by atoms with Gasteiger partial charge in [0.25, 0.3) is 5.91 Å². The molecule has 3 rings (SSSR count). The maximum Gasteiger partial charge on any atom is 0.252 e.